The fraction of sp³-hybridized carbons (Fsp3) is 0.263. The number of hydrogen-bond donors (Lipinski definition) is 1. The molecule has 0 atom stereocenters. The van der Waals surface area contributed by atoms with Crippen LogP contribution in [0.4, 0.5) is 5.69 Å². The van der Waals surface area contributed by atoms with Crippen LogP contribution in [0.2, 0.25) is 5.02 Å². The lowest BCUT2D eigenvalue weighted by Gasteiger charge is -2.12. The van der Waals surface area contributed by atoms with E-state index in [4.69, 9.17) is 21.1 Å². The third-order valence-corrected chi connectivity index (χ3v) is 3.95. The van der Waals surface area contributed by atoms with Crippen LogP contribution in [0.5, 0.6) is 5.75 Å². The molecule has 0 saturated heterocycles. The number of amides is 1. The maximum atomic E-state index is 12.1. The van der Waals surface area contributed by atoms with Gasteiger partial charge in [0.15, 0.2) is 6.61 Å². The number of hydrogen-bond acceptors (Lipinski definition) is 4. The molecule has 0 aliphatic heterocycles. The molecule has 1 N–H and O–H groups in total. The molecule has 25 heavy (non-hydrogen) atoms. The summed E-state index contributed by atoms with van der Waals surface area (Å²) in [4.78, 5) is 24.2. The van der Waals surface area contributed by atoms with Crippen LogP contribution in [0.15, 0.2) is 30.3 Å². The fourth-order valence-corrected chi connectivity index (χ4v) is 2.58. The average molecular weight is 362 g/mol. The second-order valence-corrected chi connectivity index (χ2v) is 6.21. The third kappa shape index (κ3) is 4.97. The summed E-state index contributed by atoms with van der Waals surface area (Å²) in [6, 6.07) is 8.72. The zero-order valence-electron chi connectivity index (χ0n) is 14.6. The first kappa shape index (κ1) is 18.8. The monoisotopic (exact) mass is 361 g/mol. The molecule has 0 aliphatic carbocycles. The number of esters is 1. The first-order valence-corrected chi connectivity index (χ1v) is 8.07. The Balaban J connectivity index is 2.01. The fourth-order valence-electron chi connectivity index (χ4n) is 2.42. The van der Waals surface area contributed by atoms with Crippen molar-refractivity contribution in [1.29, 1.82) is 0 Å². The largest absolute Gasteiger partial charge is 0.495 e. The van der Waals surface area contributed by atoms with E-state index >= 15 is 0 Å². The summed E-state index contributed by atoms with van der Waals surface area (Å²) in [6.07, 6.45) is 0. The molecule has 5 nitrogen and oxygen atoms in total. The topological polar surface area (TPSA) is 64.6 Å². The number of nitrogens with one attached hydrogen (secondary N) is 1. The maximum absolute atomic E-state index is 12.1. The van der Waals surface area contributed by atoms with Crippen molar-refractivity contribution in [3.8, 4) is 5.75 Å². The Morgan fingerprint density at radius 1 is 1.04 bits per heavy atom. The quantitative estimate of drug-likeness (QED) is 0.815. The Morgan fingerprint density at radius 2 is 1.68 bits per heavy atom. The Bertz CT molecular complexity index is 797. The van der Waals surface area contributed by atoms with E-state index in [-0.39, 0.29) is 0 Å². The molecule has 2 aromatic carbocycles. The Kier molecular flexibility index (Phi) is 6.04. The van der Waals surface area contributed by atoms with E-state index in [1.807, 2.05) is 26.8 Å². The highest BCUT2D eigenvalue weighted by Crippen LogP contribution is 2.30. The van der Waals surface area contributed by atoms with E-state index in [1.165, 1.54) is 7.11 Å². The van der Waals surface area contributed by atoms with Crippen molar-refractivity contribution in [3.63, 3.8) is 0 Å². The number of rotatable bonds is 5. The molecule has 0 fully saturated rings. The van der Waals surface area contributed by atoms with Gasteiger partial charge in [-0.05, 0) is 44.5 Å². The molecular weight excluding hydrogens is 342 g/mol. The van der Waals surface area contributed by atoms with Crippen LogP contribution in [0, 0.1) is 20.8 Å². The number of halogens is 1. The molecule has 0 radical (unpaired) electrons. The van der Waals surface area contributed by atoms with Crippen molar-refractivity contribution in [3.05, 3.63) is 57.6 Å². The normalized spacial score (nSPS) is 10.3. The minimum Gasteiger partial charge on any atom is -0.495 e. The van der Waals surface area contributed by atoms with Gasteiger partial charge in [0.25, 0.3) is 5.91 Å². The van der Waals surface area contributed by atoms with Crippen molar-refractivity contribution in [2.45, 2.75) is 20.8 Å². The highest BCUT2D eigenvalue weighted by atomic mass is 35.5. The number of aryl methyl sites for hydroxylation is 3. The SMILES string of the molecule is COc1cc(Cl)c(C)cc1NC(=O)COC(=O)c1cc(C)cc(C)c1. The number of methoxy groups -OCH3 is 1. The zero-order chi connectivity index (χ0) is 18.6. The number of carbonyl (C=O) groups excluding carboxylic acids is 2. The summed E-state index contributed by atoms with van der Waals surface area (Å²) in [5.74, 6) is -0.566. The van der Waals surface area contributed by atoms with Gasteiger partial charge in [0, 0.05) is 11.1 Å². The Labute approximate surface area is 151 Å². The molecule has 0 saturated carbocycles. The van der Waals surface area contributed by atoms with Gasteiger partial charge < -0.3 is 14.8 Å². The van der Waals surface area contributed by atoms with E-state index in [2.05, 4.69) is 5.32 Å². The Hall–Kier alpha value is -2.53. The summed E-state index contributed by atoms with van der Waals surface area (Å²) in [7, 11) is 1.48. The molecule has 0 unspecified atom stereocenters. The molecular formula is C19H20ClNO4. The molecule has 0 aliphatic rings. The van der Waals surface area contributed by atoms with Crippen LogP contribution < -0.4 is 10.1 Å². The summed E-state index contributed by atoms with van der Waals surface area (Å²) >= 11 is 6.04. The minimum atomic E-state index is -0.541. The second kappa shape index (κ2) is 8.03. The standard InChI is InChI=1S/C19H20ClNO4/c1-11-5-12(2)7-14(6-11)19(23)25-10-18(22)21-16-8-13(3)15(20)9-17(16)24-4/h5-9H,10H2,1-4H3,(H,21,22). The first-order valence-electron chi connectivity index (χ1n) is 7.69. The van der Waals surface area contributed by atoms with Crippen LogP contribution in [-0.2, 0) is 9.53 Å². The van der Waals surface area contributed by atoms with Gasteiger partial charge in [-0.2, -0.15) is 0 Å². The molecule has 1 amide bonds. The molecule has 2 aromatic rings. The van der Waals surface area contributed by atoms with Crippen molar-refractivity contribution >= 4 is 29.2 Å². The van der Waals surface area contributed by atoms with Gasteiger partial charge in [-0.1, -0.05) is 28.8 Å². The first-order chi connectivity index (χ1) is 11.8. The van der Waals surface area contributed by atoms with Gasteiger partial charge >= 0.3 is 5.97 Å². The lowest BCUT2D eigenvalue weighted by Crippen LogP contribution is -2.21. The predicted octanol–water partition coefficient (Wildman–Crippen LogP) is 4.07. The van der Waals surface area contributed by atoms with Crippen LogP contribution in [0.1, 0.15) is 27.0 Å². The highest BCUT2D eigenvalue weighted by molar-refractivity contribution is 6.31. The van der Waals surface area contributed by atoms with Crippen molar-refractivity contribution in [1.82, 2.24) is 0 Å². The van der Waals surface area contributed by atoms with E-state index in [1.54, 1.807) is 24.3 Å². The lowest BCUT2D eigenvalue weighted by atomic mass is 10.1. The average Bonchev–Trinajstić information content (AvgIpc) is 2.54. The van der Waals surface area contributed by atoms with Crippen molar-refractivity contribution < 1.29 is 19.1 Å². The van der Waals surface area contributed by atoms with Crippen LogP contribution in [0.3, 0.4) is 0 Å². The summed E-state index contributed by atoms with van der Waals surface area (Å²) < 4.78 is 10.3. The molecule has 6 heteroatoms. The van der Waals surface area contributed by atoms with Gasteiger partial charge in [0.2, 0.25) is 0 Å². The molecule has 2 rings (SSSR count). The van der Waals surface area contributed by atoms with E-state index in [0.29, 0.717) is 22.0 Å². The van der Waals surface area contributed by atoms with E-state index in [9.17, 15) is 9.59 Å². The highest BCUT2D eigenvalue weighted by Gasteiger charge is 2.14. The van der Waals surface area contributed by atoms with Crippen LogP contribution >= 0.6 is 11.6 Å². The zero-order valence-corrected chi connectivity index (χ0v) is 15.4. The molecule has 0 heterocycles. The van der Waals surface area contributed by atoms with Crippen LogP contribution in [-0.4, -0.2) is 25.6 Å². The smallest absolute Gasteiger partial charge is 0.338 e. The van der Waals surface area contributed by atoms with Gasteiger partial charge in [-0.15, -0.1) is 0 Å². The third-order valence-electron chi connectivity index (χ3n) is 3.55. The van der Waals surface area contributed by atoms with Crippen LogP contribution in [0.25, 0.3) is 0 Å². The van der Waals surface area contributed by atoms with Gasteiger partial charge in [0.05, 0.1) is 18.4 Å². The summed E-state index contributed by atoms with van der Waals surface area (Å²) in [5, 5.41) is 3.20. The summed E-state index contributed by atoms with van der Waals surface area (Å²) in [6.45, 7) is 5.21. The minimum absolute atomic E-state index is 0.392. The number of ether oxygens (including phenoxy) is 2. The van der Waals surface area contributed by atoms with E-state index in [0.717, 1.165) is 16.7 Å². The van der Waals surface area contributed by atoms with Gasteiger partial charge in [-0.3, -0.25) is 4.79 Å². The maximum Gasteiger partial charge on any atom is 0.338 e. The lowest BCUT2D eigenvalue weighted by molar-refractivity contribution is -0.119. The van der Waals surface area contributed by atoms with Gasteiger partial charge in [-0.25, -0.2) is 4.79 Å². The Morgan fingerprint density at radius 3 is 2.28 bits per heavy atom. The number of anilines is 1. The second-order valence-electron chi connectivity index (χ2n) is 5.80. The summed E-state index contributed by atoms with van der Waals surface area (Å²) in [5.41, 5.74) is 3.60. The van der Waals surface area contributed by atoms with Gasteiger partial charge in [0.1, 0.15) is 5.75 Å². The molecule has 132 valence electrons. The van der Waals surface area contributed by atoms with E-state index < -0.39 is 18.5 Å². The van der Waals surface area contributed by atoms with Crippen molar-refractivity contribution in [2.24, 2.45) is 0 Å². The molecule has 0 aromatic heterocycles. The number of benzene rings is 2. The molecule has 0 bridgehead atoms. The van der Waals surface area contributed by atoms with Crippen molar-refractivity contribution in [2.75, 3.05) is 19.0 Å². The predicted molar refractivity (Wildman–Crippen MR) is 97.6 cm³/mol. The molecule has 0 spiro atoms. The number of carbonyl (C=O) groups is 2.